The maximum atomic E-state index is 11.7. The molecule has 1 aromatic heterocycles. The number of nitrogens with zero attached hydrogens (tertiary/aromatic N) is 2. The standard InChI is InChI=1S/C16H17N3O2/c1-12-11-15(18-21-12)16(20)17-10-4-5-13-6-8-14(9-7-13)19(2)3/h6-9,11H,10H2,1-3H3,(H,17,20). The SMILES string of the molecule is Cc1cc(C(=O)NCC#Cc2ccc(N(C)C)cc2)no1. The largest absolute Gasteiger partial charge is 0.378 e. The second-order valence-electron chi connectivity index (χ2n) is 4.75. The Morgan fingerprint density at radius 2 is 2.05 bits per heavy atom. The highest BCUT2D eigenvalue weighted by atomic mass is 16.5. The number of rotatable bonds is 3. The normalized spacial score (nSPS) is 9.67. The highest BCUT2D eigenvalue weighted by Crippen LogP contribution is 2.11. The van der Waals surface area contributed by atoms with Gasteiger partial charge in [0.1, 0.15) is 5.76 Å². The first kappa shape index (κ1) is 14.7. The predicted octanol–water partition coefficient (Wildman–Crippen LogP) is 1.83. The molecule has 0 fully saturated rings. The van der Waals surface area contributed by atoms with Crippen LogP contribution in [-0.4, -0.2) is 31.7 Å². The van der Waals surface area contributed by atoms with Gasteiger partial charge in [-0.25, -0.2) is 0 Å². The van der Waals surface area contributed by atoms with Crippen molar-refractivity contribution in [2.24, 2.45) is 0 Å². The number of hydrogen-bond acceptors (Lipinski definition) is 4. The molecule has 2 aromatic rings. The van der Waals surface area contributed by atoms with E-state index < -0.39 is 0 Å². The van der Waals surface area contributed by atoms with Crippen molar-refractivity contribution in [3.05, 3.63) is 47.3 Å². The van der Waals surface area contributed by atoms with E-state index in [0.717, 1.165) is 11.3 Å². The smallest absolute Gasteiger partial charge is 0.274 e. The van der Waals surface area contributed by atoms with Crippen molar-refractivity contribution in [3.63, 3.8) is 0 Å². The average molecular weight is 283 g/mol. The quantitative estimate of drug-likeness (QED) is 0.873. The van der Waals surface area contributed by atoms with Gasteiger partial charge in [0, 0.05) is 31.4 Å². The molecule has 1 N–H and O–H groups in total. The molecule has 0 bridgehead atoms. The molecule has 0 atom stereocenters. The van der Waals surface area contributed by atoms with Crippen LogP contribution in [0.4, 0.5) is 5.69 Å². The summed E-state index contributed by atoms with van der Waals surface area (Å²) in [7, 11) is 3.98. The molecule has 2 rings (SSSR count). The summed E-state index contributed by atoms with van der Waals surface area (Å²) in [6, 6.07) is 9.49. The van der Waals surface area contributed by atoms with Gasteiger partial charge in [-0.3, -0.25) is 4.79 Å². The van der Waals surface area contributed by atoms with Gasteiger partial charge in [0.25, 0.3) is 5.91 Å². The van der Waals surface area contributed by atoms with Gasteiger partial charge < -0.3 is 14.7 Å². The lowest BCUT2D eigenvalue weighted by atomic mass is 10.2. The van der Waals surface area contributed by atoms with E-state index in [-0.39, 0.29) is 18.1 Å². The van der Waals surface area contributed by atoms with Crippen molar-refractivity contribution in [1.29, 1.82) is 0 Å². The van der Waals surface area contributed by atoms with Gasteiger partial charge >= 0.3 is 0 Å². The molecule has 0 aliphatic carbocycles. The summed E-state index contributed by atoms with van der Waals surface area (Å²) in [6.45, 7) is 2.00. The molecule has 0 spiro atoms. The summed E-state index contributed by atoms with van der Waals surface area (Å²) in [5.74, 6) is 6.22. The van der Waals surface area contributed by atoms with Gasteiger partial charge in [-0.2, -0.15) is 0 Å². The Bertz CT molecular complexity index is 676. The number of nitrogens with one attached hydrogen (secondary N) is 1. The second-order valence-corrected chi connectivity index (χ2v) is 4.75. The lowest BCUT2D eigenvalue weighted by Crippen LogP contribution is -2.23. The summed E-state index contributed by atoms with van der Waals surface area (Å²) in [5.41, 5.74) is 2.30. The summed E-state index contributed by atoms with van der Waals surface area (Å²) >= 11 is 0. The summed E-state index contributed by atoms with van der Waals surface area (Å²) < 4.78 is 4.84. The number of benzene rings is 1. The van der Waals surface area contributed by atoms with Crippen LogP contribution >= 0.6 is 0 Å². The van der Waals surface area contributed by atoms with Crippen molar-refractivity contribution in [1.82, 2.24) is 10.5 Å². The van der Waals surface area contributed by atoms with E-state index in [0.29, 0.717) is 5.76 Å². The number of carbonyl (C=O) groups excluding carboxylic acids is 1. The minimum Gasteiger partial charge on any atom is -0.378 e. The molecule has 0 aliphatic rings. The van der Waals surface area contributed by atoms with Crippen LogP contribution in [-0.2, 0) is 0 Å². The Morgan fingerprint density at radius 3 is 2.62 bits per heavy atom. The van der Waals surface area contributed by atoms with E-state index in [9.17, 15) is 4.79 Å². The minimum absolute atomic E-state index is 0.264. The van der Waals surface area contributed by atoms with Crippen LogP contribution in [0.1, 0.15) is 21.8 Å². The molecule has 21 heavy (non-hydrogen) atoms. The molecule has 108 valence electrons. The maximum absolute atomic E-state index is 11.7. The summed E-state index contributed by atoms with van der Waals surface area (Å²) in [6.07, 6.45) is 0. The average Bonchev–Trinajstić information content (AvgIpc) is 2.90. The van der Waals surface area contributed by atoms with Crippen molar-refractivity contribution in [3.8, 4) is 11.8 Å². The zero-order valence-corrected chi connectivity index (χ0v) is 12.3. The maximum Gasteiger partial charge on any atom is 0.274 e. The highest BCUT2D eigenvalue weighted by molar-refractivity contribution is 5.92. The highest BCUT2D eigenvalue weighted by Gasteiger charge is 2.08. The fourth-order valence-electron chi connectivity index (χ4n) is 1.68. The van der Waals surface area contributed by atoms with Crippen molar-refractivity contribution in [2.45, 2.75) is 6.92 Å². The van der Waals surface area contributed by atoms with Gasteiger partial charge in [0.05, 0.1) is 6.54 Å². The Morgan fingerprint density at radius 1 is 1.33 bits per heavy atom. The van der Waals surface area contributed by atoms with Gasteiger partial charge in [0.15, 0.2) is 5.69 Å². The molecule has 0 saturated carbocycles. The van der Waals surface area contributed by atoms with Crippen LogP contribution in [0.15, 0.2) is 34.9 Å². The third-order valence-electron chi connectivity index (χ3n) is 2.81. The van der Waals surface area contributed by atoms with Gasteiger partial charge in [-0.05, 0) is 31.2 Å². The number of aryl methyl sites for hydroxylation is 1. The molecule has 0 aliphatic heterocycles. The van der Waals surface area contributed by atoms with Gasteiger partial charge in [-0.1, -0.05) is 17.0 Å². The van der Waals surface area contributed by atoms with Gasteiger partial charge in [0.2, 0.25) is 0 Å². The fraction of sp³-hybridized carbons (Fsp3) is 0.250. The first-order valence-corrected chi connectivity index (χ1v) is 6.54. The van der Waals surface area contributed by atoms with E-state index in [1.807, 2.05) is 43.3 Å². The van der Waals surface area contributed by atoms with Crippen molar-refractivity contribution < 1.29 is 9.32 Å². The van der Waals surface area contributed by atoms with Gasteiger partial charge in [-0.15, -0.1) is 0 Å². The second kappa shape index (κ2) is 6.62. The lowest BCUT2D eigenvalue weighted by molar-refractivity contribution is 0.0949. The molecule has 5 nitrogen and oxygen atoms in total. The Hall–Kier alpha value is -2.74. The number of amides is 1. The van der Waals surface area contributed by atoms with Crippen LogP contribution < -0.4 is 10.2 Å². The first-order valence-electron chi connectivity index (χ1n) is 6.54. The number of hydrogen-bond donors (Lipinski definition) is 1. The van der Waals surface area contributed by atoms with Crippen molar-refractivity contribution >= 4 is 11.6 Å². The van der Waals surface area contributed by atoms with E-state index in [4.69, 9.17) is 4.52 Å². The molecule has 1 amide bonds. The molecule has 5 heteroatoms. The van der Waals surface area contributed by atoms with Crippen molar-refractivity contribution in [2.75, 3.05) is 25.5 Å². The van der Waals surface area contributed by atoms with E-state index in [1.165, 1.54) is 0 Å². The Kier molecular flexibility index (Phi) is 4.62. The number of aromatic nitrogens is 1. The topological polar surface area (TPSA) is 58.4 Å². The van der Waals surface area contributed by atoms with E-state index in [1.54, 1.807) is 13.0 Å². The zero-order valence-electron chi connectivity index (χ0n) is 12.3. The van der Waals surface area contributed by atoms with Crippen LogP contribution in [0, 0.1) is 18.8 Å². The number of anilines is 1. The fourth-order valence-corrected chi connectivity index (χ4v) is 1.68. The third-order valence-corrected chi connectivity index (χ3v) is 2.81. The van der Waals surface area contributed by atoms with Crippen LogP contribution in [0.5, 0.6) is 0 Å². The summed E-state index contributed by atoms with van der Waals surface area (Å²) in [4.78, 5) is 13.7. The van der Waals surface area contributed by atoms with Crippen LogP contribution in [0.3, 0.4) is 0 Å². The minimum atomic E-state index is -0.288. The molecule has 1 heterocycles. The summed E-state index contributed by atoms with van der Waals surface area (Å²) in [5, 5.41) is 6.31. The molecular formula is C16H17N3O2. The Labute approximate surface area is 123 Å². The van der Waals surface area contributed by atoms with E-state index in [2.05, 4.69) is 22.3 Å². The predicted molar refractivity (Wildman–Crippen MR) is 81.2 cm³/mol. The molecular weight excluding hydrogens is 266 g/mol. The third kappa shape index (κ3) is 4.11. The molecule has 0 radical (unpaired) electrons. The molecule has 1 aromatic carbocycles. The lowest BCUT2D eigenvalue weighted by Gasteiger charge is -2.11. The first-order chi connectivity index (χ1) is 10.1. The zero-order chi connectivity index (χ0) is 15.2. The molecule has 0 unspecified atom stereocenters. The Balaban J connectivity index is 1.87. The van der Waals surface area contributed by atoms with Crippen LogP contribution in [0.25, 0.3) is 0 Å². The monoisotopic (exact) mass is 283 g/mol. The molecule has 0 saturated heterocycles. The number of carbonyl (C=O) groups is 1. The van der Waals surface area contributed by atoms with Crippen LogP contribution in [0.2, 0.25) is 0 Å². The van der Waals surface area contributed by atoms with E-state index >= 15 is 0 Å².